The fourth-order valence-corrected chi connectivity index (χ4v) is 2.36. The molecule has 1 fully saturated rings. The molecule has 0 aromatic rings. The van der Waals surface area contributed by atoms with Gasteiger partial charge >= 0.3 is 0 Å². The minimum absolute atomic E-state index is 0.249. The molecular weight excluding hydrogens is 132 g/mol. The van der Waals surface area contributed by atoms with Crippen molar-refractivity contribution in [1.29, 1.82) is 0 Å². The van der Waals surface area contributed by atoms with Crippen molar-refractivity contribution in [2.24, 2.45) is 0 Å². The molecule has 1 aliphatic rings. The van der Waals surface area contributed by atoms with Crippen LogP contribution in [0.25, 0.3) is 0 Å². The maximum atomic E-state index is 5.29. The first-order chi connectivity index (χ1) is 4.43. The van der Waals surface area contributed by atoms with E-state index in [1.54, 1.807) is 7.11 Å². The molecule has 0 aromatic carbocycles. The van der Waals surface area contributed by atoms with Gasteiger partial charge in [-0.1, -0.05) is 0 Å². The summed E-state index contributed by atoms with van der Waals surface area (Å²) in [5.41, 5.74) is 0.795. The third-order valence-corrected chi connectivity index (χ3v) is 3.11. The second-order valence-corrected chi connectivity index (χ2v) is 4.60. The normalized spacial score (nSPS) is 29.7. The predicted molar refractivity (Wildman–Crippen MR) is 39.4 cm³/mol. The summed E-state index contributed by atoms with van der Waals surface area (Å²) in [6, 6.07) is 0. The van der Waals surface area contributed by atoms with Crippen LogP contribution in [0.1, 0.15) is 12.8 Å². The van der Waals surface area contributed by atoms with Crippen LogP contribution in [0.5, 0.6) is 0 Å². The van der Waals surface area contributed by atoms with Gasteiger partial charge in [0.1, 0.15) is 0 Å². The standard InChI is InChI=1S/C6H14O2Si/c1-7-9-6-3-2-4-8-5-6/h6H,2-5,9H2,1H3. The van der Waals surface area contributed by atoms with Gasteiger partial charge in [-0.25, -0.2) is 0 Å². The van der Waals surface area contributed by atoms with Crippen molar-refractivity contribution in [3.8, 4) is 0 Å². The van der Waals surface area contributed by atoms with Gasteiger partial charge in [-0.3, -0.25) is 0 Å². The third kappa shape index (κ3) is 2.47. The summed E-state index contributed by atoms with van der Waals surface area (Å²) in [7, 11) is 1.56. The van der Waals surface area contributed by atoms with Crippen molar-refractivity contribution in [3.63, 3.8) is 0 Å². The number of hydrogen-bond acceptors (Lipinski definition) is 2. The van der Waals surface area contributed by atoms with Gasteiger partial charge in [0, 0.05) is 20.3 Å². The maximum absolute atomic E-state index is 5.29. The second-order valence-electron chi connectivity index (χ2n) is 2.54. The zero-order chi connectivity index (χ0) is 6.53. The summed E-state index contributed by atoms with van der Waals surface area (Å²) in [6.07, 6.45) is 2.57. The van der Waals surface area contributed by atoms with E-state index >= 15 is 0 Å². The van der Waals surface area contributed by atoms with E-state index in [0.717, 1.165) is 18.8 Å². The molecular formula is C6H14O2Si. The van der Waals surface area contributed by atoms with Gasteiger partial charge in [-0.15, -0.1) is 0 Å². The van der Waals surface area contributed by atoms with E-state index in [1.165, 1.54) is 12.8 Å². The largest absolute Gasteiger partial charge is 0.427 e. The fraction of sp³-hybridized carbons (Fsp3) is 1.00. The highest BCUT2D eigenvalue weighted by molar-refractivity contribution is 6.29. The molecule has 1 saturated heterocycles. The van der Waals surface area contributed by atoms with E-state index < -0.39 is 0 Å². The van der Waals surface area contributed by atoms with Crippen molar-refractivity contribution < 1.29 is 9.16 Å². The summed E-state index contributed by atoms with van der Waals surface area (Å²) < 4.78 is 10.4. The maximum Gasteiger partial charge on any atom is 0.166 e. The van der Waals surface area contributed by atoms with Crippen molar-refractivity contribution in [3.05, 3.63) is 0 Å². The van der Waals surface area contributed by atoms with Crippen LogP contribution in [-0.2, 0) is 9.16 Å². The van der Waals surface area contributed by atoms with Crippen molar-refractivity contribution in [2.75, 3.05) is 20.3 Å². The molecule has 1 rings (SSSR count). The van der Waals surface area contributed by atoms with E-state index in [-0.39, 0.29) is 9.76 Å². The highest BCUT2D eigenvalue weighted by Gasteiger charge is 2.13. The minimum Gasteiger partial charge on any atom is -0.427 e. The number of ether oxygens (including phenoxy) is 1. The van der Waals surface area contributed by atoms with Gasteiger partial charge in [0.25, 0.3) is 0 Å². The Balaban J connectivity index is 2.08. The van der Waals surface area contributed by atoms with Gasteiger partial charge in [0.05, 0.1) is 0 Å². The van der Waals surface area contributed by atoms with Crippen molar-refractivity contribution in [1.82, 2.24) is 0 Å². The lowest BCUT2D eigenvalue weighted by molar-refractivity contribution is 0.0935. The molecule has 54 valence electrons. The molecule has 0 bridgehead atoms. The molecule has 2 nitrogen and oxygen atoms in total. The van der Waals surface area contributed by atoms with Gasteiger partial charge in [0.15, 0.2) is 9.76 Å². The Kier molecular flexibility index (Phi) is 3.25. The first-order valence-electron chi connectivity index (χ1n) is 3.50. The topological polar surface area (TPSA) is 18.5 Å². The molecule has 1 heterocycles. The predicted octanol–water partition coefficient (Wildman–Crippen LogP) is 0.315. The molecule has 0 saturated carbocycles. The molecule has 0 spiro atoms. The smallest absolute Gasteiger partial charge is 0.166 e. The Morgan fingerprint density at radius 1 is 1.67 bits per heavy atom. The van der Waals surface area contributed by atoms with Crippen LogP contribution in [0.3, 0.4) is 0 Å². The van der Waals surface area contributed by atoms with Crippen LogP contribution in [0.4, 0.5) is 0 Å². The average molecular weight is 146 g/mol. The van der Waals surface area contributed by atoms with Crippen molar-refractivity contribution in [2.45, 2.75) is 18.4 Å². The summed E-state index contributed by atoms with van der Waals surface area (Å²) in [4.78, 5) is 0. The highest BCUT2D eigenvalue weighted by atomic mass is 28.2. The molecule has 1 unspecified atom stereocenters. The van der Waals surface area contributed by atoms with E-state index in [2.05, 4.69) is 0 Å². The molecule has 3 heteroatoms. The third-order valence-electron chi connectivity index (χ3n) is 1.66. The average Bonchev–Trinajstić information content (AvgIpc) is 1.91. The van der Waals surface area contributed by atoms with Crippen LogP contribution >= 0.6 is 0 Å². The lowest BCUT2D eigenvalue weighted by Gasteiger charge is -2.20. The van der Waals surface area contributed by atoms with Crippen LogP contribution in [0.15, 0.2) is 0 Å². The van der Waals surface area contributed by atoms with Gasteiger partial charge in [-0.2, -0.15) is 0 Å². The second kappa shape index (κ2) is 4.03. The van der Waals surface area contributed by atoms with Crippen LogP contribution < -0.4 is 0 Å². The lowest BCUT2D eigenvalue weighted by Crippen LogP contribution is -2.18. The zero-order valence-corrected chi connectivity index (χ0v) is 7.34. The number of hydrogen-bond donors (Lipinski definition) is 0. The quantitative estimate of drug-likeness (QED) is 0.522. The fourth-order valence-electron chi connectivity index (χ4n) is 1.17. The zero-order valence-electron chi connectivity index (χ0n) is 5.93. The van der Waals surface area contributed by atoms with Crippen molar-refractivity contribution >= 4 is 9.76 Å². The van der Waals surface area contributed by atoms with Crippen LogP contribution in [-0.4, -0.2) is 30.1 Å². The van der Waals surface area contributed by atoms with Crippen LogP contribution in [0, 0.1) is 0 Å². The summed E-state index contributed by atoms with van der Waals surface area (Å²) in [6.45, 7) is 1.93. The van der Waals surface area contributed by atoms with E-state index in [0.29, 0.717) is 0 Å². The summed E-state index contributed by atoms with van der Waals surface area (Å²) in [5.74, 6) is 0. The van der Waals surface area contributed by atoms with E-state index in [1.807, 2.05) is 0 Å². The Bertz CT molecular complexity index is 68.7. The van der Waals surface area contributed by atoms with Gasteiger partial charge in [0.2, 0.25) is 0 Å². The summed E-state index contributed by atoms with van der Waals surface area (Å²) >= 11 is 0. The molecule has 0 N–H and O–H groups in total. The Hall–Kier alpha value is 0.137. The van der Waals surface area contributed by atoms with E-state index in [9.17, 15) is 0 Å². The lowest BCUT2D eigenvalue weighted by atomic mass is 10.2. The highest BCUT2D eigenvalue weighted by Crippen LogP contribution is 2.17. The molecule has 1 aliphatic heterocycles. The Labute approximate surface area is 58.5 Å². The minimum atomic E-state index is -0.249. The molecule has 0 aliphatic carbocycles. The van der Waals surface area contributed by atoms with Gasteiger partial charge < -0.3 is 9.16 Å². The molecule has 0 aromatic heterocycles. The van der Waals surface area contributed by atoms with E-state index in [4.69, 9.17) is 9.16 Å². The number of rotatable bonds is 2. The van der Waals surface area contributed by atoms with Crippen LogP contribution in [0.2, 0.25) is 5.54 Å². The SMILES string of the molecule is CO[SiH2]C1CCCOC1. The monoisotopic (exact) mass is 146 g/mol. The first kappa shape index (κ1) is 7.25. The summed E-state index contributed by atoms with van der Waals surface area (Å²) in [5, 5.41) is 0. The molecule has 9 heavy (non-hydrogen) atoms. The molecule has 0 amide bonds. The Morgan fingerprint density at radius 2 is 2.56 bits per heavy atom. The first-order valence-corrected chi connectivity index (χ1v) is 4.89. The Morgan fingerprint density at radius 3 is 3.11 bits per heavy atom. The molecule has 0 radical (unpaired) electrons. The molecule has 1 atom stereocenters. The van der Waals surface area contributed by atoms with Gasteiger partial charge in [-0.05, 0) is 18.4 Å².